The van der Waals surface area contributed by atoms with Crippen LogP contribution in [0.1, 0.15) is 108 Å². The van der Waals surface area contributed by atoms with E-state index in [4.69, 9.17) is 19.9 Å². The third kappa shape index (κ3) is 11.6. The number of para-hydroxylation sites is 2. The Morgan fingerprint density at radius 2 is 1.60 bits per heavy atom. The largest absolute Gasteiger partial charge is 0.459 e. The molecular formula is C41H54N4O7. The van der Waals surface area contributed by atoms with Crippen LogP contribution in [0, 0.1) is 0 Å². The average molecular weight is 715 g/mol. The maximum atomic E-state index is 13.1. The van der Waals surface area contributed by atoms with Gasteiger partial charge in [0.1, 0.15) is 11.6 Å². The number of carbonyl (C=O) groups excluding carboxylic acids is 3. The van der Waals surface area contributed by atoms with Gasteiger partial charge >= 0.3 is 5.97 Å². The first kappa shape index (κ1) is 38.9. The van der Waals surface area contributed by atoms with Gasteiger partial charge in [-0.25, -0.2) is 0 Å². The Balaban J connectivity index is 1.15. The second-order valence-corrected chi connectivity index (χ2v) is 14.8. The standard InChI is InChI=1S/C41H54N4O7/c1-41(2,3)52-39(49)35-16-11-23-45(35)26-32-25-36(29-21-19-28(27-46)20-22-29)51-40(50-32)30-12-10-13-31(24-30)43-37(47)17-6-4-5-7-18-38(48)44-34-15-9-8-14-33(34)42/h8-10,12-15,19-22,24,32,35-36,40,46H,4-7,11,16-18,23,25-27,42H2,1-3H3,(H,43,47)(H,44,48)/t32-,35+,36+,40+/m1/s1. The van der Waals surface area contributed by atoms with E-state index in [2.05, 4.69) is 15.5 Å². The van der Waals surface area contributed by atoms with Crippen molar-refractivity contribution in [2.45, 2.75) is 115 Å². The molecule has 3 aromatic carbocycles. The number of rotatable bonds is 15. The number of nitrogens with two attached hydrogens (primary N) is 1. The smallest absolute Gasteiger partial charge is 0.323 e. The Morgan fingerprint density at radius 3 is 2.29 bits per heavy atom. The molecule has 5 N–H and O–H groups in total. The fraction of sp³-hybridized carbons (Fsp3) is 0.488. The molecule has 11 heteroatoms. The van der Waals surface area contributed by atoms with Crippen molar-refractivity contribution in [1.29, 1.82) is 0 Å². The van der Waals surface area contributed by atoms with E-state index in [1.54, 1.807) is 12.1 Å². The van der Waals surface area contributed by atoms with E-state index < -0.39 is 11.9 Å². The van der Waals surface area contributed by atoms with Gasteiger partial charge in [0.2, 0.25) is 11.8 Å². The van der Waals surface area contributed by atoms with E-state index in [0.29, 0.717) is 49.3 Å². The zero-order valence-electron chi connectivity index (χ0n) is 30.6. The highest BCUT2D eigenvalue weighted by molar-refractivity contribution is 5.93. The van der Waals surface area contributed by atoms with Crippen molar-refractivity contribution in [3.63, 3.8) is 0 Å². The molecule has 0 aliphatic carbocycles. The van der Waals surface area contributed by atoms with Crippen molar-refractivity contribution in [2.75, 3.05) is 29.5 Å². The molecule has 2 amide bonds. The molecule has 2 heterocycles. The number of amides is 2. The molecule has 3 aromatic rings. The number of hydrogen-bond donors (Lipinski definition) is 4. The van der Waals surface area contributed by atoms with Crippen molar-refractivity contribution in [3.8, 4) is 0 Å². The van der Waals surface area contributed by atoms with E-state index in [0.717, 1.165) is 55.3 Å². The molecule has 0 spiro atoms. The summed E-state index contributed by atoms with van der Waals surface area (Å²) in [5.74, 6) is -0.355. The van der Waals surface area contributed by atoms with Gasteiger partial charge in [0.15, 0.2) is 6.29 Å². The molecule has 0 bridgehead atoms. The number of aliphatic hydroxyl groups is 1. The number of carbonyl (C=O) groups is 3. The summed E-state index contributed by atoms with van der Waals surface area (Å²) in [6, 6.07) is 22.1. The highest BCUT2D eigenvalue weighted by Crippen LogP contribution is 2.39. The average Bonchev–Trinajstić information content (AvgIpc) is 3.58. The zero-order valence-corrected chi connectivity index (χ0v) is 30.6. The zero-order chi connectivity index (χ0) is 37.1. The minimum Gasteiger partial charge on any atom is -0.459 e. The molecule has 0 unspecified atom stereocenters. The Bertz CT molecular complexity index is 1640. The van der Waals surface area contributed by atoms with Gasteiger partial charge in [-0.2, -0.15) is 0 Å². The Hall–Kier alpha value is -4.29. The number of nitrogens with one attached hydrogen (secondary N) is 2. The van der Waals surface area contributed by atoms with Crippen LogP contribution in [0.15, 0.2) is 72.8 Å². The van der Waals surface area contributed by atoms with E-state index in [1.807, 2.05) is 81.4 Å². The number of unbranched alkanes of at least 4 members (excludes halogenated alkanes) is 3. The Labute approximate surface area is 307 Å². The molecule has 0 saturated carbocycles. The van der Waals surface area contributed by atoms with Gasteiger partial charge < -0.3 is 35.7 Å². The molecule has 5 rings (SSSR count). The SMILES string of the molecule is CC(C)(C)OC(=O)[C@@H]1CCCN1C[C@H]1C[C@@H](c2ccc(CO)cc2)O[C@@H](c2cccc(NC(=O)CCCCCCC(=O)Nc3ccccc3N)c2)O1. The number of nitrogens with zero attached hydrogens (tertiary/aromatic N) is 1. The first-order valence-corrected chi connectivity index (χ1v) is 18.5. The number of hydrogen-bond acceptors (Lipinski definition) is 9. The van der Waals surface area contributed by atoms with Gasteiger partial charge in [0.05, 0.1) is 30.2 Å². The summed E-state index contributed by atoms with van der Waals surface area (Å²) in [5, 5.41) is 15.4. The molecule has 0 aromatic heterocycles. The third-order valence-electron chi connectivity index (χ3n) is 9.33. The van der Waals surface area contributed by atoms with Crippen LogP contribution in [0.3, 0.4) is 0 Å². The molecule has 11 nitrogen and oxygen atoms in total. The van der Waals surface area contributed by atoms with Gasteiger partial charge in [0.25, 0.3) is 0 Å². The molecule has 2 aliphatic rings. The number of benzene rings is 3. The van der Waals surface area contributed by atoms with Crippen molar-refractivity contribution < 1.29 is 33.7 Å². The normalized spacial score (nSPS) is 20.7. The van der Waals surface area contributed by atoms with Crippen LogP contribution >= 0.6 is 0 Å². The molecule has 2 saturated heterocycles. The van der Waals surface area contributed by atoms with Crippen molar-refractivity contribution in [1.82, 2.24) is 4.90 Å². The van der Waals surface area contributed by atoms with Gasteiger partial charge in [0, 0.05) is 37.1 Å². The maximum Gasteiger partial charge on any atom is 0.323 e. The summed E-state index contributed by atoms with van der Waals surface area (Å²) < 4.78 is 18.9. The van der Waals surface area contributed by atoms with Crippen molar-refractivity contribution >= 4 is 34.8 Å². The van der Waals surface area contributed by atoms with Crippen LogP contribution in [0.2, 0.25) is 0 Å². The van der Waals surface area contributed by atoms with Gasteiger partial charge in [-0.15, -0.1) is 0 Å². The second-order valence-electron chi connectivity index (χ2n) is 14.8. The fourth-order valence-electron chi connectivity index (χ4n) is 6.71. The topological polar surface area (TPSA) is 152 Å². The number of esters is 1. The molecule has 280 valence electrons. The molecular weight excluding hydrogens is 660 g/mol. The van der Waals surface area contributed by atoms with Crippen LogP contribution in [0.4, 0.5) is 17.1 Å². The molecule has 0 radical (unpaired) electrons. The van der Waals surface area contributed by atoms with E-state index >= 15 is 0 Å². The summed E-state index contributed by atoms with van der Waals surface area (Å²) >= 11 is 0. The van der Waals surface area contributed by atoms with E-state index in [-0.39, 0.29) is 42.6 Å². The number of nitrogen functional groups attached to an aromatic ring is 1. The summed E-state index contributed by atoms with van der Waals surface area (Å²) in [5.41, 5.74) is 9.74. The highest BCUT2D eigenvalue weighted by Gasteiger charge is 2.39. The van der Waals surface area contributed by atoms with Crippen molar-refractivity contribution in [3.05, 3.63) is 89.5 Å². The molecule has 2 aliphatic heterocycles. The Morgan fingerprint density at radius 1 is 0.885 bits per heavy atom. The van der Waals surface area contributed by atoms with Gasteiger partial charge in [-0.05, 0) is 88.4 Å². The minimum atomic E-state index is -0.698. The van der Waals surface area contributed by atoms with Crippen LogP contribution in [-0.4, -0.2) is 58.6 Å². The van der Waals surface area contributed by atoms with E-state index in [9.17, 15) is 19.5 Å². The lowest BCUT2D eigenvalue weighted by Crippen LogP contribution is -2.45. The summed E-state index contributed by atoms with van der Waals surface area (Å²) in [6.45, 7) is 6.95. The van der Waals surface area contributed by atoms with Crippen LogP contribution in [0.5, 0.6) is 0 Å². The summed E-state index contributed by atoms with van der Waals surface area (Å²) in [6.07, 6.45) is 4.94. The first-order chi connectivity index (χ1) is 25.0. The maximum absolute atomic E-state index is 13.1. The van der Waals surface area contributed by atoms with Crippen LogP contribution < -0.4 is 16.4 Å². The lowest BCUT2D eigenvalue weighted by molar-refractivity contribution is -0.253. The quantitative estimate of drug-likeness (QED) is 0.0739. The molecule has 52 heavy (non-hydrogen) atoms. The summed E-state index contributed by atoms with van der Waals surface area (Å²) in [4.78, 5) is 40.4. The number of anilines is 3. The van der Waals surface area contributed by atoms with Crippen LogP contribution in [-0.2, 0) is 35.2 Å². The van der Waals surface area contributed by atoms with E-state index in [1.165, 1.54) is 0 Å². The summed E-state index contributed by atoms with van der Waals surface area (Å²) in [7, 11) is 0. The third-order valence-corrected chi connectivity index (χ3v) is 9.33. The first-order valence-electron chi connectivity index (χ1n) is 18.5. The lowest BCUT2D eigenvalue weighted by Gasteiger charge is -2.38. The lowest BCUT2D eigenvalue weighted by atomic mass is 9.99. The Kier molecular flexibility index (Phi) is 13.8. The van der Waals surface area contributed by atoms with Crippen molar-refractivity contribution in [2.24, 2.45) is 0 Å². The second kappa shape index (κ2) is 18.5. The number of aliphatic hydroxyl groups excluding tert-OH is 1. The number of likely N-dealkylation sites (tertiary alicyclic amines) is 1. The minimum absolute atomic E-state index is 0.0378. The predicted molar refractivity (Wildman–Crippen MR) is 201 cm³/mol. The molecule has 2 fully saturated rings. The fourth-order valence-corrected chi connectivity index (χ4v) is 6.71. The van der Waals surface area contributed by atoms with Gasteiger partial charge in [-0.3, -0.25) is 19.3 Å². The predicted octanol–water partition coefficient (Wildman–Crippen LogP) is 7.03. The van der Waals surface area contributed by atoms with Crippen LogP contribution in [0.25, 0.3) is 0 Å². The molecule has 4 atom stereocenters. The number of ether oxygens (including phenoxy) is 3. The monoisotopic (exact) mass is 714 g/mol. The highest BCUT2D eigenvalue weighted by atomic mass is 16.7. The van der Waals surface area contributed by atoms with Gasteiger partial charge in [-0.1, -0.05) is 61.4 Å².